The van der Waals surface area contributed by atoms with Gasteiger partial charge in [0.05, 0.1) is 12.1 Å². The summed E-state index contributed by atoms with van der Waals surface area (Å²) in [7, 11) is 3.74. The van der Waals surface area contributed by atoms with E-state index in [0.29, 0.717) is 11.1 Å². The van der Waals surface area contributed by atoms with E-state index in [-0.39, 0.29) is 0 Å². The summed E-state index contributed by atoms with van der Waals surface area (Å²) in [6, 6.07) is 6.52. The van der Waals surface area contributed by atoms with Gasteiger partial charge in [-0.3, -0.25) is 0 Å². The standard InChI is InChI=1S/C14H21ClN2O/c1-17(10-11-5-3-4-8-16-11)12-6-7-14(18-2)13(15)9-12/h6-7,9,11,16H,3-5,8,10H2,1-2H3. The van der Waals surface area contributed by atoms with Crippen molar-refractivity contribution in [3.63, 3.8) is 0 Å². The van der Waals surface area contributed by atoms with Gasteiger partial charge in [-0.1, -0.05) is 18.0 Å². The van der Waals surface area contributed by atoms with Gasteiger partial charge in [-0.2, -0.15) is 0 Å². The van der Waals surface area contributed by atoms with E-state index in [4.69, 9.17) is 16.3 Å². The molecule has 1 aliphatic rings. The van der Waals surface area contributed by atoms with Gasteiger partial charge in [-0.05, 0) is 37.6 Å². The third kappa shape index (κ3) is 3.30. The van der Waals surface area contributed by atoms with Crippen molar-refractivity contribution < 1.29 is 4.74 Å². The van der Waals surface area contributed by atoms with Crippen LogP contribution in [0.15, 0.2) is 18.2 Å². The number of piperidine rings is 1. The molecule has 1 aromatic rings. The van der Waals surface area contributed by atoms with E-state index in [0.717, 1.165) is 24.5 Å². The van der Waals surface area contributed by atoms with Gasteiger partial charge in [0.15, 0.2) is 0 Å². The fraction of sp³-hybridized carbons (Fsp3) is 0.571. The lowest BCUT2D eigenvalue weighted by atomic mass is 10.0. The van der Waals surface area contributed by atoms with Crippen LogP contribution in [0, 0.1) is 0 Å². The summed E-state index contributed by atoms with van der Waals surface area (Å²) in [4.78, 5) is 2.24. The van der Waals surface area contributed by atoms with Crippen molar-refractivity contribution in [2.45, 2.75) is 25.3 Å². The van der Waals surface area contributed by atoms with Gasteiger partial charge in [0.1, 0.15) is 5.75 Å². The maximum Gasteiger partial charge on any atom is 0.137 e. The third-order valence-electron chi connectivity index (χ3n) is 3.48. The van der Waals surface area contributed by atoms with Gasteiger partial charge < -0.3 is 15.0 Å². The predicted molar refractivity (Wildman–Crippen MR) is 76.9 cm³/mol. The van der Waals surface area contributed by atoms with Crippen LogP contribution in [0.25, 0.3) is 0 Å². The quantitative estimate of drug-likeness (QED) is 0.909. The van der Waals surface area contributed by atoms with Crippen LogP contribution in [0.1, 0.15) is 19.3 Å². The number of hydrogen-bond donors (Lipinski definition) is 1. The number of hydrogen-bond acceptors (Lipinski definition) is 3. The topological polar surface area (TPSA) is 24.5 Å². The number of benzene rings is 1. The second kappa shape index (κ2) is 6.30. The fourth-order valence-corrected chi connectivity index (χ4v) is 2.66. The molecule has 1 N–H and O–H groups in total. The van der Waals surface area contributed by atoms with Crippen molar-refractivity contribution >= 4 is 17.3 Å². The Morgan fingerprint density at radius 3 is 2.89 bits per heavy atom. The number of methoxy groups -OCH3 is 1. The van der Waals surface area contributed by atoms with Crippen LogP contribution < -0.4 is 15.0 Å². The van der Waals surface area contributed by atoms with Crippen LogP contribution in [0.4, 0.5) is 5.69 Å². The van der Waals surface area contributed by atoms with Crippen LogP contribution in [0.5, 0.6) is 5.75 Å². The minimum absolute atomic E-state index is 0.588. The Hall–Kier alpha value is -0.930. The van der Waals surface area contributed by atoms with E-state index in [2.05, 4.69) is 17.3 Å². The molecule has 1 unspecified atom stereocenters. The highest BCUT2D eigenvalue weighted by atomic mass is 35.5. The molecule has 1 atom stereocenters. The summed E-state index contributed by atoms with van der Waals surface area (Å²) in [5.41, 5.74) is 1.13. The molecule has 0 bridgehead atoms. The Labute approximate surface area is 114 Å². The van der Waals surface area contributed by atoms with E-state index >= 15 is 0 Å². The summed E-state index contributed by atoms with van der Waals surface area (Å²) in [5.74, 6) is 0.726. The molecule has 0 saturated carbocycles. The second-order valence-corrected chi connectivity index (χ2v) is 5.25. The predicted octanol–water partition coefficient (Wildman–Crippen LogP) is 2.93. The first-order valence-electron chi connectivity index (χ1n) is 6.49. The first-order chi connectivity index (χ1) is 8.70. The van der Waals surface area contributed by atoms with Crippen molar-refractivity contribution in [3.05, 3.63) is 23.2 Å². The minimum Gasteiger partial charge on any atom is -0.495 e. The number of halogens is 1. The summed E-state index contributed by atoms with van der Waals surface area (Å²) in [6.45, 7) is 2.16. The van der Waals surface area contributed by atoms with Crippen LogP contribution in [0.2, 0.25) is 5.02 Å². The third-order valence-corrected chi connectivity index (χ3v) is 3.78. The summed E-state index contributed by atoms with van der Waals surface area (Å²) < 4.78 is 5.17. The highest BCUT2D eigenvalue weighted by Crippen LogP contribution is 2.28. The average molecular weight is 269 g/mol. The molecule has 0 aromatic heterocycles. The zero-order valence-corrected chi connectivity index (χ0v) is 11.8. The molecule has 1 aliphatic heterocycles. The van der Waals surface area contributed by atoms with E-state index in [1.54, 1.807) is 7.11 Å². The van der Waals surface area contributed by atoms with Gasteiger partial charge in [0, 0.05) is 25.3 Å². The Balaban J connectivity index is 1.99. The van der Waals surface area contributed by atoms with Gasteiger partial charge in [0.2, 0.25) is 0 Å². The van der Waals surface area contributed by atoms with Gasteiger partial charge >= 0.3 is 0 Å². The average Bonchev–Trinajstić information content (AvgIpc) is 2.39. The van der Waals surface area contributed by atoms with E-state index < -0.39 is 0 Å². The molecule has 0 radical (unpaired) electrons. The fourth-order valence-electron chi connectivity index (χ4n) is 2.41. The molecule has 1 aromatic carbocycles. The second-order valence-electron chi connectivity index (χ2n) is 4.85. The molecule has 18 heavy (non-hydrogen) atoms. The number of nitrogens with zero attached hydrogens (tertiary/aromatic N) is 1. The van der Waals surface area contributed by atoms with Crippen LogP contribution >= 0.6 is 11.6 Å². The number of anilines is 1. The van der Waals surface area contributed by atoms with E-state index in [9.17, 15) is 0 Å². The lowest BCUT2D eigenvalue weighted by Crippen LogP contribution is -2.42. The molecule has 1 fully saturated rings. The zero-order valence-electron chi connectivity index (χ0n) is 11.1. The molecular formula is C14H21ClN2O. The molecule has 0 aliphatic carbocycles. The molecule has 100 valence electrons. The molecule has 1 heterocycles. The Kier molecular flexibility index (Phi) is 4.72. The van der Waals surface area contributed by atoms with Crippen molar-refractivity contribution in [1.29, 1.82) is 0 Å². The van der Waals surface area contributed by atoms with Crippen molar-refractivity contribution in [2.75, 3.05) is 32.1 Å². The molecule has 2 rings (SSSR count). The first kappa shape index (κ1) is 13.5. The number of ether oxygens (including phenoxy) is 1. The number of nitrogens with one attached hydrogen (secondary N) is 1. The minimum atomic E-state index is 0.588. The maximum atomic E-state index is 6.15. The van der Waals surface area contributed by atoms with Gasteiger partial charge in [-0.15, -0.1) is 0 Å². The smallest absolute Gasteiger partial charge is 0.137 e. The van der Waals surface area contributed by atoms with Crippen molar-refractivity contribution in [2.24, 2.45) is 0 Å². The SMILES string of the molecule is COc1ccc(N(C)CC2CCCCN2)cc1Cl. The monoisotopic (exact) mass is 268 g/mol. The summed E-state index contributed by atoms with van der Waals surface area (Å²) in [6.07, 6.45) is 3.89. The van der Waals surface area contributed by atoms with Gasteiger partial charge in [-0.25, -0.2) is 0 Å². The van der Waals surface area contributed by atoms with Crippen molar-refractivity contribution in [1.82, 2.24) is 5.32 Å². The molecule has 0 amide bonds. The number of rotatable bonds is 4. The highest BCUT2D eigenvalue weighted by Gasteiger charge is 2.15. The lowest BCUT2D eigenvalue weighted by molar-refractivity contribution is 0.403. The summed E-state index contributed by atoms with van der Waals surface area (Å²) >= 11 is 6.15. The Bertz CT molecular complexity index is 391. The molecule has 1 saturated heterocycles. The van der Waals surface area contributed by atoms with E-state index in [1.807, 2.05) is 18.2 Å². The largest absolute Gasteiger partial charge is 0.495 e. The Morgan fingerprint density at radius 2 is 2.28 bits per heavy atom. The molecular weight excluding hydrogens is 248 g/mol. The maximum absolute atomic E-state index is 6.15. The van der Waals surface area contributed by atoms with Gasteiger partial charge in [0.25, 0.3) is 0 Å². The summed E-state index contributed by atoms with van der Waals surface area (Å²) in [5, 5.41) is 4.22. The van der Waals surface area contributed by atoms with Crippen molar-refractivity contribution in [3.8, 4) is 5.75 Å². The van der Waals surface area contributed by atoms with Crippen LogP contribution in [0.3, 0.4) is 0 Å². The zero-order chi connectivity index (χ0) is 13.0. The van der Waals surface area contributed by atoms with E-state index in [1.165, 1.54) is 19.3 Å². The molecule has 0 spiro atoms. The Morgan fingerprint density at radius 1 is 1.44 bits per heavy atom. The highest BCUT2D eigenvalue weighted by molar-refractivity contribution is 6.32. The first-order valence-corrected chi connectivity index (χ1v) is 6.86. The lowest BCUT2D eigenvalue weighted by Gasteiger charge is -2.29. The van der Waals surface area contributed by atoms with Crippen LogP contribution in [-0.4, -0.2) is 33.3 Å². The molecule has 3 nitrogen and oxygen atoms in total. The molecule has 4 heteroatoms. The van der Waals surface area contributed by atoms with Crippen LogP contribution in [-0.2, 0) is 0 Å². The normalized spacial score (nSPS) is 19.6. The number of likely N-dealkylation sites (N-methyl/N-ethyl adjacent to an activating group) is 1.